The van der Waals surface area contributed by atoms with E-state index in [9.17, 15) is 35.5 Å². The van der Waals surface area contributed by atoms with Crippen LogP contribution in [0.25, 0.3) is 0 Å². The molecular weight excluding hydrogens is 493 g/mol. The Kier molecular flexibility index (Phi) is 7.56. The standard InChI is InChI=1S/C24H21F7N4O/c1-14(2)33-21(36)35-22(13-15-6-4-3-5-7-15,20-32-9-8-19(34-20)24(29,30)31)16-10-17(23(26,27)28)12-18(25)11-16/h3-12,14H,13H2,1-2H3,(H2,33,35,36). The van der Waals surface area contributed by atoms with E-state index in [0.717, 1.165) is 6.20 Å². The Morgan fingerprint density at radius 2 is 1.56 bits per heavy atom. The number of rotatable bonds is 6. The van der Waals surface area contributed by atoms with Crippen molar-refractivity contribution in [1.82, 2.24) is 20.6 Å². The zero-order valence-electron chi connectivity index (χ0n) is 19.0. The number of carbonyl (C=O) groups excluding carboxylic acids is 1. The topological polar surface area (TPSA) is 66.9 Å². The fraction of sp³-hybridized carbons (Fsp3) is 0.292. The van der Waals surface area contributed by atoms with Crippen LogP contribution in [0.15, 0.2) is 60.8 Å². The van der Waals surface area contributed by atoms with E-state index in [2.05, 4.69) is 20.6 Å². The van der Waals surface area contributed by atoms with Crippen molar-refractivity contribution in [2.75, 3.05) is 0 Å². The molecule has 192 valence electrons. The van der Waals surface area contributed by atoms with Crippen molar-refractivity contribution >= 4 is 6.03 Å². The summed E-state index contributed by atoms with van der Waals surface area (Å²) < 4.78 is 95.7. The predicted octanol–water partition coefficient (Wildman–Crippen LogP) is 5.85. The molecule has 0 aliphatic carbocycles. The van der Waals surface area contributed by atoms with Crippen LogP contribution in [0.4, 0.5) is 35.5 Å². The summed E-state index contributed by atoms with van der Waals surface area (Å²) in [4.78, 5) is 20.3. The highest BCUT2D eigenvalue weighted by Crippen LogP contribution is 2.38. The Hall–Kier alpha value is -3.70. The molecule has 3 aromatic rings. The van der Waals surface area contributed by atoms with E-state index in [1.54, 1.807) is 44.2 Å². The maximum Gasteiger partial charge on any atom is 0.433 e. The summed E-state index contributed by atoms with van der Waals surface area (Å²) in [6, 6.07) is 8.65. The number of halogens is 7. The highest BCUT2D eigenvalue weighted by Gasteiger charge is 2.43. The number of alkyl halides is 6. The van der Waals surface area contributed by atoms with Crippen LogP contribution in [0.5, 0.6) is 0 Å². The van der Waals surface area contributed by atoms with E-state index in [1.165, 1.54) is 0 Å². The Morgan fingerprint density at radius 3 is 2.14 bits per heavy atom. The molecule has 0 fully saturated rings. The van der Waals surface area contributed by atoms with Gasteiger partial charge in [-0.25, -0.2) is 19.2 Å². The van der Waals surface area contributed by atoms with Crippen LogP contribution in [-0.4, -0.2) is 22.0 Å². The van der Waals surface area contributed by atoms with Gasteiger partial charge < -0.3 is 10.6 Å². The smallest absolute Gasteiger partial charge is 0.336 e. The normalized spacial score (nSPS) is 13.8. The largest absolute Gasteiger partial charge is 0.433 e. The van der Waals surface area contributed by atoms with E-state index in [-0.39, 0.29) is 12.5 Å². The van der Waals surface area contributed by atoms with Crippen molar-refractivity contribution in [2.24, 2.45) is 0 Å². The van der Waals surface area contributed by atoms with Crippen molar-refractivity contribution in [1.29, 1.82) is 0 Å². The number of nitrogens with zero attached hydrogens (tertiary/aromatic N) is 2. The molecule has 0 spiro atoms. The van der Waals surface area contributed by atoms with Gasteiger partial charge in [-0.2, -0.15) is 26.3 Å². The summed E-state index contributed by atoms with van der Waals surface area (Å²) in [6.07, 6.45) is -9.52. The maximum absolute atomic E-state index is 14.5. The molecule has 0 aliphatic rings. The molecule has 2 N–H and O–H groups in total. The highest BCUT2D eigenvalue weighted by atomic mass is 19.4. The number of aromatic nitrogens is 2. The van der Waals surface area contributed by atoms with Crippen molar-refractivity contribution in [3.8, 4) is 0 Å². The molecular formula is C24H21F7N4O. The third kappa shape index (κ3) is 6.29. The minimum atomic E-state index is -4.98. The van der Waals surface area contributed by atoms with Crippen LogP contribution in [-0.2, 0) is 24.3 Å². The maximum atomic E-state index is 14.5. The van der Waals surface area contributed by atoms with Crippen LogP contribution >= 0.6 is 0 Å². The third-order valence-corrected chi connectivity index (χ3v) is 5.10. The van der Waals surface area contributed by atoms with Crippen LogP contribution in [0.3, 0.4) is 0 Å². The molecule has 0 aliphatic heterocycles. The number of nitrogens with one attached hydrogen (secondary N) is 2. The van der Waals surface area contributed by atoms with Gasteiger partial charge in [-0.05, 0) is 49.2 Å². The molecule has 36 heavy (non-hydrogen) atoms. The molecule has 0 bridgehead atoms. The second-order valence-corrected chi connectivity index (χ2v) is 8.31. The van der Waals surface area contributed by atoms with E-state index in [1.807, 2.05) is 0 Å². The van der Waals surface area contributed by atoms with Crippen molar-refractivity contribution in [3.05, 3.63) is 94.8 Å². The number of amides is 2. The first-order valence-corrected chi connectivity index (χ1v) is 10.6. The molecule has 1 aromatic heterocycles. The van der Waals surface area contributed by atoms with Gasteiger partial charge in [-0.1, -0.05) is 30.3 Å². The lowest BCUT2D eigenvalue weighted by Crippen LogP contribution is -2.54. The Labute approximate surface area is 201 Å². The molecule has 5 nitrogen and oxygen atoms in total. The molecule has 2 aromatic carbocycles. The number of carbonyl (C=O) groups is 1. The van der Waals surface area contributed by atoms with Crippen molar-refractivity contribution < 1.29 is 35.5 Å². The molecule has 3 rings (SSSR count). The average Bonchev–Trinajstić information content (AvgIpc) is 2.77. The second-order valence-electron chi connectivity index (χ2n) is 8.31. The Morgan fingerprint density at radius 1 is 0.917 bits per heavy atom. The van der Waals surface area contributed by atoms with E-state index >= 15 is 0 Å². The van der Waals surface area contributed by atoms with E-state index in [0.29, 0.717) is 23.8 Å². The zero-order chi connectivity index (χ0) is 26.7. The summed E-state index contributed by atoms with van der Waals surface area (Å²) in [5, 5.41) is 4.93. The summed E-state index contributed by atoms with van der Waals surface area (Å²) in [6.45, 7) is 3.20. The lowest BCUT2D eigenvalue weighted by atomic mass is 9.81. The summed E-state index contributed by atoms with van der Waals surface area (Å²) in [5.74, 6) is -1.98. The minimum absolute atomic E-state index is 0.248. The molecule has 2 amide bonds. The van der Waals surface area contributed by atoms with Crippen LogP contribution in [0.2, 0.25) is 0 Å². The highest BCUT2D eigenvalue weighted by molar-refractivity contribution is 5.76. The third-order valence-electron chi connectivity index (χ3n) is 5.10. The van der Waals surface area contributed by atoms with Crippen LogP contribution < -0.4 is 10.6 Å². The fourth-order valence-electron chi connectivity index (χ4n) is 3.60. The van der Waals surface area contributed by atoms with Gasteiger partial charge in [-0.3, -0.25) is 0 Å². The molecule has 1 unspecified atom stereocenters. The first kappa shape index (κ1) is 26.9. The molecule has 0 radical (unpaired) electrons. The number of urea groups is 1. The summed E-state index contributed by atoms with van der Waals surface area (Å²) >= 11 is 0. The zero-order valence-corrected chi connectivity index (χ0v) is 19.0. The number of hydrogen-bond acceptors (Lipinski definition) is 3. The van der Waals surface area contributed by atoms with Crippen molar-refractivity contribution in [3.63, 3.8) is 0 Å². The SMILES string of the molecule is CC(C)NC(=O)NC(Cc1ccccc1)(c1cc(F)cc(C(F)(F)F)c1)c1nccc(C(F)(F)F)n1. The molecule has 1 atom stereocenters. The second kappa shape index (κ2) is 10.1. The lowest BCUT2D eigenvalue weighted by molar-refractivity contribution is -0.141. The fourth-order valence-corrected chi connectivity index (χ4v) is 3.60. The number of benzene rings is 2. The van der Waals surface area contributed by atoms with Gasteiger partial charge in [0, 0.05) is 18.7 Å². The van der Waals surface area contributed by atoms with Gasteiger partial charge in [0.05, 0.1) is 5.56 Å². The predicted molar refractivity (Wildman–Crippen MR) is 116 cm³/mol. The monoisotopic (exact) mass is 514 g/mol. The Balaban J connectivity index is 2.36. The van der Waals surface area contributed by atoms with Gasteiger partial charge in [0.2, 0.25) is 0 Å². The minimum Gasteiger partial charge on any atom is -0.336 e. The molecule has 0 saturated carbocycles. The molecule has 0 saturated heterocycles. The van der Waals surface area contributed by atoms with Crippen LogP contribution in [0.1, 0.15) is 42.1 Å². The number of hydrogen-bond donors (Lipinski definition) is 2. The van der Waals surface area contributed by atoms with Gasteiger partial charge in [0.25, 0.3) is 0 Å². The van der Waals surface area contributed by atoms with E-state index < -0.39 is 58.4 Å². The quantitative estimate of drug-likeness (QED) is 0.406. The Bertz CT molecular complexity index is 1210. The van der Waals surface area contributed by atoms with Crippen LogP contribution in [0, 0.1) is 5.82 Å². The van der Waals surface area contributed by atoms with Gasteiger partial charge in [0.15, 0.2) is 5.82 Å². The molecule has 12 heteroatoms. The first-order valence-electron chi connectivity index (χ1n) is 10.6. The summed E-state index contributed by atoms with van der Waals surface area (Å²) in [5.41, 5.74) is -5.08. The van der Waals surface area contributed by atoms with Crippen molar-refractivity contribution in [2.45, 2.75) is 44.2 Å². The first-order chi connectivity index (χ1) is 16.7. The summed E-state index contributed by atoms with van der Waals surface area (Å²) in [7, 11) is 0. The average molecular weight is 514 g/mol. The van der Waals surface area contributed by atoms with E-state index in [4.69, 9.17) is 0 Å². The van der Waals surface area contributed by atoms with Gasteiger partial charge >= 0.3 is 18.4 Å². The molecule has 1 heterocycles. The van der Waals surface area contributed by atoms with Gasteiger partial charge in [0.1, 0.15) is 17.1 Å². The van der Waals surface area contributed by atoms with Gasteiger partial charge in [-0.15, -0.1) is 0 Å². The lowest BCUT2D eigenvalue weighted by Gasteiger charge is -2.35.